The fourth-order valence-corrected chi connectivity index (χ4v) is 2.29. The van der Waals surface area contributed by atoms with Crippen molar-refractivity contribution in [2.75, 3.05) is 13.2 Å². The number of hydrogen-bond donors (Lipinski definition) is 2. The lowest BCUT2D eigenvalue weighted by atomic mass is 9.90. The van der Waals surface area contributed by atoms with Gasteiger partial charge in [-0.15, -0.1) is 0 Å². The van der Waals surface area contributed by atoms with Gasteiger partial charge in [-0.3, -0.25) is 4.79 Å². The molecule has 0 bridgehead atoms. The van der Waals surface area contributed by atoms with Gasteiger partial charge in [0, 0.05) is 12.3 Å². The minimum Gasteiger partial charge on any atom is -0.458 e. The normalized spacial score (nSPS) is 24.0. The number of aliphatic hydroxyl groups is 1. The molecule has 1 aliphatic heterocycles. The third kappa shape index (κ3) is 6.32. The SMILES string of the molecule is CC(C)(C)CC(=O)N[C@@H](C(=O)OC(C)(C)C)[C@@H]1COC[C@H]1O. The highest BCUT2D eigenvalue weighted by Gasteiger charge is 2.41. The van der Waals surface area contributed by atoms with Crippen molar-refractivity contribution < 1.29 is 24.2 Å². The molecule has 0 aromatic carbocycles. The summed E-state index contributed by atoms with van der Waals surface area (Å²) in [5.41, 5.74) is -0.845. The number of carbonyl (C=O) groups is 2. The Hall–Kier alpha value is -1.14. The van der Waals surface area contributed by atoms with E-state index in [1.165, 1.54) is 0 Å². The summed E-state index contributed by atoms with van der Waals surface area (Å²) >= 11 is 0. The van der Waals surface area contributed by atoms with Gasteiger partial charge in [-0.1, -0.05) is 20.8 Å². The molecule has 1 saturated heterocycles. The molecule has 0 saturated carbocycles. The Bertz CT molecular complexity index is 408. The Kier molecular flexibility index (Phi) is 5.98. The molecule has 1 rings (SSSR count). The van der Waals surface area contributed by atoms with Crippen molar-refractivity contribution in [3.63, 3.8) is 0 Å². The van der Waals surface area contributed by atoms with E-state index in [-0.39, 0.29) is 31.0 Å². The second-order valence-electron chi connectivity index (χ2n) is 8.08. The first-order chi connectivity index (χ1) is 9.89. The molecule has 6 nitrogen and oxygen atoms in total. The van der Waals surface area contributed by atoms with E-state index in [1.807, 2.05) is 20.8 Å². The first-order valence-corrected chi connectivity index (χ1v) is 7.67. The average molecular weight is 315 g/mol. The van der Waals surface area contributed by atoms with Crippen LogP contribution in [0, 0.1) is 11.3 Å². The monoisotopic (exact) mass is 315 g/mol. The van der Waals surface area contributed by atoms with E-state index in [0.29, 0.717) is 0 Å². The molecule has 1 aliphatic rings. The fraction of sp³-hybridized carbons (Fsp3) is 0.875. The van der Waals surface area contributed by atoms with Gasteiger partial charge >= 0.3 is 5.97 Å². The molecule has 1 heterocycles. The maximum atomic E-state index is 12.4. The largest absolute Gasteiger partial charge is 0.458 e. The molecule has 0 unspecified atom stereocenters. The first kappa shape index (κ1) is 18.9. The number of ether oxygens (including phenoxy) is 2. The van der Waals surface area contributed by atoms with Gasteiger partial charge in [-0.2, -0.15) is 0 Å². The van der Waals surface area contributed by atoms with Crippen LogP contribution in [0.4, 0.5) is 0 Å². The molecule has 6 heteroatoms. The lowest BCUT2D eigenvalue weighted by molar-refractivity contribution is -0.161. The summed E-state index contributed by atoms with van der Waals surface area (Å²) in [4.78, 5) is 24.6. The molecule has 0 aliphatic carbocycles. The molecular weight excluding hydrogens is 286 g/mol. The highest BCUT2D eigenvalue weighted by atomic mass is 16.6. The van der Waals surface area contributed by atoms with E-state index in [4.69, 9.17) is 9.47 Å². The average Bonchev–Trinajstić information content (AvgIpc) is 2.67. The predicted octanol–water partition coefficient (Wildman–Crippen LogP) is 1.26. The molecule has 0 radical (unpaired) electrons. The van der Waals surface area contributed by atoms with Crippen LogP contribution in [-0.2, 0) is 19.1 Å². The molecule has 128 valence electrons. The Morgan fingerprint density at radius 2 is 1.82 bits per heavy atom. The minimum atomic E-state index is -0.897. The van der Waals surface area contributed by atoms with Gasteiger partial charge in [0.25, 0.3) is 0 Å². The molecule has 0 aromatic heterocycles. The van der Waals surface area contributed by atoms with E-state index < -0.39 is 29.6 Å². The van der Waals surface area contributed by atoms with Gasteiger partial charge < -0.3 is 19.9 Å². The molecule has 0 spiro atoms. The quantitative estimate of drug-likeness (QED) is 0.763. The van der Waals surface area contributed by atoms with Crippen LogP contribution in [0.5, 0.6) is 0 Å². The Labute approximate surface area is 132 Å². The number of hydrogen-bond acceptors (Lipinski definition) is 5. The standard InChI is InChI=1S/C16H29NO5/c1-15(2,3)7-12(19)17-13(10-8-21-9-11(10)18)14(20)22-16(4,5)6/h10-11,13,18H,7-9H2,1-6H3,(H,17,19)/t10-,11-,13-/m1/s1. The number of aliphatic hydroxyl groups excluding tert-OH is 1. The van der Waals surface area contributed by atoms with Gasteiger partial charge in [0.05, 0.1) is 19.3 Å². The Balaban J connectivity index is 2.82. The van der Waals surface area contributed by atoms with Crippen molar-refractivity contribution in [3.05, 3.63) is 0 Å². The maximum absolute atomic E-state index is 12.4. The third-order valence-corrected chi connectivity index (χ3v) is 3.19. The van der Waals surface area contributed by atoms with Crippen molar-refractivity contribution in [3.8, 4) is 0 Å². The molecule has 2 N–H and O–H groups in total. The molecule has 1 amide bonds. The predicted molar refractivity (Wildman–Crippen MR) is 82.2 cm³/mol. The summed E-state index contributed by atoms with van der Waals surface area (Å²) in [7, 11) is 0. The van der Waals surface area contributed by atoms with Gasteiger partial charge in [-0.25, -0.2) is 4.79 Å². The first-order valence-electron chi connectivity index (χ1n) is 7.67. The number of rotatable bonds is 4. The van der Waals surface area contributed by atoms with Gasteiger partial charge in [0.15, 0.2) is 0 Å². The topological polar surface area (TPSA) is 84.9 Å². The molecular formula is C16H29NO5. The van der Waals surface area contributed by atoms with Gasteiger partial charge in [0.2, 0.25) is 5.91 Å². The Morgan fingerprint density at radius 1 is 1.23 bits per heavy atom. The van der Waals surface area contributed by atoms with Gasteiger partial charge in [0.1, 0.15) is 11.6 Å². The van der Waals surface area contributed by atoms with Crippen molar-refractivity contribution in [2.24, 2.45) is 11.3 Å². The van der Waals surface area contributed by atoms with E-state index in [2.05, 4.69) is 5.32 Å². The van der Waals surface area contributed by atoms with Crippen LogP contribution in [0.3, 0.4) is 0 Å². The van der Waals surface area contributed by atoms with E-state index in [1.54, 1.807) is 20.8 Å². The zero-order valence-corrected chi connectivity index (χ0v) is 14.4. The summed E-state index contributed by atoms with van der Waals surface area (Å²) in [6.45, 7) is 11.5. The smallest absolute Gasteiger partial charge is 0.329 e. The molecule has 1 fully saturated rings. The molecule has 3 atom stereocenters. The number of carbonyl (C=O) groups excluding carboxylic acids is 2. The van der Waals surface area contributed by atoms with Crippen LogP contribution in [-0.4, -0.2) is 47.9 Å². The highest BCUT2D eigenvalue weighted by Crippen LogP contribution is 2.23. The Morgan fingerprint density at radius 3 is 2.23 bits per heavy atom. The van der Waals surface area contributed by atoms with Crippen LogP contribution in [0.25, 0.3) is 0 Å². The summed E-state index contributed by atoms with van der Waals surface area (Å²) in [6.07, 6.45) is -0.497. The number of amides is 1. The number of nitrogens with one attached hydrogen (secondary N) is 1. The van der Waals surface area contributed by atoms with E-state index in [0.717, 1.165) is 0 Å². The van der Waals surface area contributed by atoms with Crippen molar-refractivity contribution in [1.29, 1.82) is 0 Å². The van der Waals surface area contributed by atoms with Crippen LogP contribution in [0.15, 0.2) is 0 Å². The summed E-state index contributed by atoms with van der Waals surface area (Å²) in [5.74, 6) is -1.26. The fourth-order valence-electron chi connectivity index (χ4n) is 2.29. The van der Waals surface area contributed by atoms with Crippen LogP contribution in [0.2, 0.25) is 0 Å². The lowest BCUT2D eigenvalue weighted by Gasteiger charge is -2.29. The summed E-state index contributed by atoms with van der Waals surface area (Å²) in [6, 6.07) is -0.897. The zero-order valence-electron chi connectivity index (χ0n) is 14.4. The minimum absolute atomic E-state index is 0.166. The van der Waals surface area contributed by atoms with Crippen molar-refractivity contribution in [2.45, 2.75) is 65.7 Å². The van der Waals surface area contributed by atoms with Crippen LogP contribution < -0.4 is 5.32 Å². The van der Waals surface area contributed by atoms with Gasteiger partial charge in [-0.05, 0) is 26.2 Å². The highest BCUT2D eigenvalue weighted by molar-refractivity contribution is 5.85. The lowest BCUT2D eigenvalue weighted by Crippen LogP contribution is -2.52. The maximum Gasteiger partial charge on any atom is 0.329 e. The van der Waals surface area contributed by atoms with Crippen molar-refractivity contribution in [1.82, 2.24) is 5.32 Å². The second kappa shape index (κ2) is 6.96. The second-order valence-corrected chi connectivity index (χ2v) is 8.08. The number of esters is 1. The molecule has 22 heavy (non-hydrogen) atoms. The zero-order chi connectivity index (χ0) is 17.1. The van der Waals surface area contributed by atoms with E-state index >= 15 is 0 Å². The van der Waals surface area contributed by atoms with E-state index in [9.17, 15) is 14.7 Å². The van der Waals surface area contributed by atoms with Crippen LogP contribution >= 0.6 is 0 Å². The van der Waals surface area contributed by atoms with Crippen LogP contribution in [0.1, 0.15) is 48.0 Å². The third-order valence-electron chi connectivity index (χ3n) is 3.19. The summed E-state index contributed by atoms with van der Waals surface area (Å²) in [5, 5.41) is 12.7. The molecule has 0 aromatic rings. The summed E-state index contributed by atoms with van der Waals surface area (Å²) < 4.78 is 10.6. The van der Waals surface area contributed by atoms with Crippen molar-refractivity contribution >= 4 is 11.9 Å².